The average molecular weight is 483 g/mol. The second-order valence-electron chi connectivity index (χ2n) is 7.55. The number of para-hydroxylation sites is 1. The molecule has 0 fully saturated rings. The molecule has 0 saturated heterocycles. The van der Waals surface area contributed by atoms with Crippen molar-refractivity contribution >= 4 is 21.6 Å². The molecule has 0 heterocycles. The SMILES string of the molecule is CCOc1ccc(S(=O)(=O)N(CC(=O)NC(CC)c2ccc(OC)cc2)c2ccccc2)cc1. The first-order chi connectivity index (χ1) is 16.4. The molecule has 0 saturated carbocycles. The van der Waals surface area contributed by atoms with E-state index in [1.165, 1.54) is 12.1 Å². The van der Waals surface area contributed by atoms with Gasteiger partial charge in [0.2, 0.25) is 5.91 Å². The first-order valence-corrected chi connectivity index (χ1v) is 12.6. The van der Waals surface area contributed by atoms with Gasteiger partial charge in [-0.15, -0.1) is 0 Å². The van der Waals surface area contributed by atoms with E-state index >= 15 is 0 Å². The van der Waals surface area contributed by atoms with E-state index in [2.05, 4.69) is 5.32 Å². The van der Waals surface area contributed by atoms with Crippen molar-refractivity contribution in [1.82, 2.24) is 5.32 Å². The van der Waals surface area contributed by atoms with Gasteiger partial charge in [0.15, 0.2) is 0 Å². The Kier molecular flexibility index (Phi) is 8.54. The van der Waals surface area contributed by atoms with Crippen LogP contribution in [0.4, 0.5) is 5.69 Å². The number of carbonyl (C=O) groups is 1. The molecule has 8 heteroatoms. The van der Waals surface area contributed by atoms with E-state index in [4.69, 9.17) is 9.47 Å². The summed E-state index contributed by atoms with van der Waals surface area (Å²) in [6.45, 7) is 3.94. The van der Waals surface area contributed by atoms with E-state index in [1.54, 1.807) is 49.6 Å². The molecule has 0 aliphatic heterocycles. The molecule has 0 aliphatic rings. The van der Waals surface area contributed by atoms with Crippen LogP contribution in [-0.4, -0.2) is 34.6 Å². The zero-order valence-electron chi connectivity index (χ0n) is 19.6. The van der Waals surface area contributed by atoms with Gasteiger partial charge in [0, 0.05) is 0 Å². The summed E-state index contributed by atoms with van der Waals surface area (Å²) < 4.78 is 38.8. The molecule has 1 atom stereocenters. The average Bonchev–Trinajstić information content (AvgIpc) is 2.87. The van der Waals surface area contributed by atoms with Gasteiger partial charge in [-0.2, -0.15) is 0 Å². The van der Waals surface area contributed by atoms with Crippen molar-refractivity contribution in [2.75, 3.05) is 24.6 Å². The number of carbonyl (C=O) groups excluding carboxylic acids is 1. The highest BCUT2D eigenvalue weighted by molar-refractivity contribution is 7.92. The number of hydrogen-bond donors (Lipinski definition) is 1. The van der Waals surface area contributed by atoms with E-state index in [9.17, 15) is 13.2 Å². The van der Waals surface area contributed by atoms with Crippen molar-refractivity contribution in [3.63, 3.8) is 0 Å². The molecule has 1 N–H and O–H groups in total. The van der Waals surface area contributed by atoms with Crippen molar-refractivity contribution in [3.8, 4) is 11.5 Å². The molecule has 0 spiro atoms. The lowest BCUT2D eigenvalue weighted by molar-refractivity contribution is -0.120. The highest BCUT2D eigenvalue weighted by Crippen LogP contribution is 2.26. The second-order valence-corrected chi connectivity index (χ2v) is 9.42. The van der Waals surface area contributed by atoms with Gasteiger partial charge in [-0.1, -0.05) is 37.3 Å². The quantitative estimate of drug-likeness (QED) is 0.433. The number of hydrogen-bond acceptors (Lipinski definition) is 5. The van der Waals surface area contributed by atoms with Crippen molar-refractivity contribution < 1.29 is 22.7 Å². The largest absolute Gasteiger partial charge is 0.497 e. The van der Waals surface area contributed by atoms with Crippen LogP contribution in [0, 0.1) is 0 Å². The fraction of sp³-hybridized carbons (Fsp3) is 0.269. The number of benzene rings is 3. The topological polar surface area (TPSA) is 84.9 Å². The second kappa shape index (κ2) is 11.6. The fourth-order valence-corrected chi connectivity index (χ4v) is 4.96. The predicted molar refractivity (Wildman–Crippen MR) is 133 cm³/mol. The number of methoxy groups -OCH3 is 1. The van der Waals surface area contributed by atoms with Crippen LogP contribution in [0.5, 0.6) is 11.5 Å². The standard InChI is InChI=1S/C26H30N2O5S/c1-4-25(20-11-13-22(32-3)14-12-20)27-26(29)19-28(21-9-7-6-8-10-21)34(30,31)24-17-15-23(16-18-24)33-5-2/h6-18,25H,4-5,19H2,1-3H3,(H,27,29). The summed E-state index contributed by atoms with van der Waals surface area (Å²) in [5.41, 5.74) is 1.32. The lowest BCUT2D eigenvalue weighted by Gasteiger charge is -2.26. The summed E-state index contributed by atoms with van der Waals surface area (Å²) in [6.07, 6.45) is 0.648. The van der Waals surface area contributed by atoms with Crippen molar-refractivity contribution in [2.45, 2.75) is 31.2 Å². The maximum Gasteiger partial charge on any atom is 0.264 e. The van der Waals surface area contributed by atoms with Gasteiger partial charge in [-0.25, -0.2) is 8.42 Å². The van der Waals surface area contributed by atoms with Crippen molar-refractivity contribution in [1.29, 1.82) is 0 Å². The first-order valence-electron chi connectivity index (χ1n) is 11.1. The first kappa shape index (κ1) is 25.1. The Hall–Kier alpha value is -3.52. The number of rotatable bonds is 11. The molecular formula is C26H30N2O5S. The molecule has 0 radical (unpaired) electrons. The lowest BCUT2D eigenvalue weighted by Crippen LogP contribution is -2.42. The van der Waals surface area contributed by atoms with Gasteiger partial charge in [0.25, 0.3) is 10.0 Å². The molecule has 7 nitrogen and oxygen atoms in total. The molecule has 3 aromatic rings. The van der Waals surface area contributed by atoms with Crippen LogP contribution in [0.1, 0.15) is 31.9 Å². The van der Waals surface area contributed by atoms with E-state index in [0.717, 1.165) is 15.6 Å². The minimum Gasteiger partial charge on any atom is -0.497 e. The smallest absolute Gasteiger partial charge is 0.264 e. The van der Waals surface area contributed by atoms with Crippen LogP contribution >= 0.6 is 0 Å². The molecular weight excluding hydrogens is 452 g/mol. The number of nitrogens with zero attached hydrogens (tertiary/aromatic N) is 1. The zero-order chi connectivity index (χ0) is 24.6. The summed E-state index contributed by atoms with van der Waals surface area (Å²) in [6, 6.07) is 22.0. The Morgan fingerprint density at radius 2 is 1.53 bits per heavy atom. The van der Waals surface area contributed by atoms with E-state index < -0.39 is 15.9 Å². The molecule has 0 aromatic heterocycles. The van der Waals surface area contributed by atoms with Gasteiger partial charge < -0.3 is 14.8 Å². The maximum absolute atomic E-state index is 13.5. The summed E-state index contributed by atoms with van der Waals surface area (Å²) in [5.74, 6) is 0.901. The third kappa shape index (κ3) is 6.08. The number of sulfonamides is 1. The van der Waals surface area contributed by atoms with Gasteiger partial charge >= 0.3 is 0 Å². The summed E-state index contributed by atoms with van der Waals surface area (Å²) in [7, 11) is -2.40. The summed E-state index contributed by atoms with van der Waals surface area (Å²) >= 11 is 0. The van der Waals surface area contributed by atoms with Gasteiger partial charge in [-0.3, -0.25) is 9.10 Å². The number of nitrogens with one attached hydrogen (secondary N) is 1. The highest BCUT2D eigenvalue weighted by Gasteiger charge is 2.28. The van der Waals surface area contributed by atoms with Crippen molar-refractivity contribution in [3.05, 3.63) is 84.4 Å². The normalized spacial score (nSPS) is 12.0. The van der Waals surface area contributed by atoms with Gasteiger partial charge in [-0.05, 0) is 67.4 Å². The van der Waals surface area contributed by atoms with Crippen LogP contribution in [-0.2, 0) is 14.8 Å². The Balaban J connectivity index is 1.85. The van der Waals surface area contributed by atoms with E-state index in [1.807, 2.05) is 38.1 Å². The Labute approximate surface area is 201 Å². The molecule has 3 aromatic carbocycles. The van der Waals surface area contributed by atoms with E-state index in [-0.39, 0.29) is 17.5 Å². The van der Waals surface area contributed by atoms with Crippen molar-refractivity contribution in [2.24, 2.45) is 0 Å². The Bertz CT molecular complexity index is 1160. The third-order valence-corrected chi connectivity index (χ3v) is 7.10. The molecule has 0 bridgehead atoms. The van der Waals surface area contributed by atoms with Crippen LogP contribution in [0.2, 0.25) is 0 Å². The van der Waals surface area contributed by atoms with Crippen LogP contribution in [0.15, 0.2) is 83.8 Å². The summed E-state index contributed by atoms with van der Waals surface area (Å²) in [5, 5.41) is 2.96. The van der Waals surface area contributed by atoms with Crippen LogP contribution < -0.4 is 19.1 Å². The zero-order valence-corrected chi connectivity index (χ0v) is 20.4. The number of ether oxygens (including phenoxy) is 2. The Morgan fingerprint density at radius 3 is 2.09 bits per heavy atom. The maximum atomic E-state index is 13.5. The molecule has 1 unspecified atom stereocenters. The minimum atomic E-state index is -4.00. The summed E-state index contributed by atoms with van der Waals surface area (Å²) in [4.78, 5) is 13.1. The molecule has 34 heavy (non-hydrogen) atoms. The predicted octanol–water partition coefficient (Wildman–Crippen LogP) is 4.56. The molecule has 1 amide bonds. The third-order valence-electron chi connectivity index (χ3n) is 5.32. The van der Waals surface area contributed by atoms with E-state index in [0.29, 0.717) is 24.5 Å². The minimum absolute atomic E-state index is 0.0785. The van der Waals surface area contributed by atoms with Crippen LogP contribution in [0.3, 0.4) is 0 Å². The lowest BCUT2D eigenvalue weighted by atomic mass is 10.0. The number of anilines is 1. The fourth-order valence-electron chi connectivity index (χ4n) is 3.54. The Morgan fingerprint density at radius 1 is 0.912 bits per heavy atom. The van der Waals surface area contributed by atoms with Crippen LogP contribution in [0.25, 0.3) is 0 Å². The molecule has 180 valence electrons. The molecule has 0 aliphatic carbocycles. The van der Waals surface area contributed by atoms with Gasteiger partial charge in [0.1, 0.15) is 18.0 Å². The highest BCUT2D eigenvalue weighted by atomic mass is 32.2. The number of amides is 1. The van der Waals surface area contributed by atoms with Gasteiger partial charge in [0.05, 0.1) is 30.3 Å². The monoisotopic (exact) mass is 482 g/mol. The molecule has 3 rings (SSSR count).